The molecule has 0 unspecified atom stereocenters. The van der Waals surface area contributed by atoms with Gasteiger partial charge >= 0.3 is 0 Å². The molecule has 1 aromatic carbocycles. The van der Waals surface area contributed by atoms with E-state index in [0.29, 0.717) is 16.1 Å². The first kappa shape index (κ1) is 11.5. The van der Waals surface area contributed by atoms with Gasteiger partial charge in [0.1, 0.15) is 4.88 Å². The summed E-state index contributed by atoms with van der Waals surface area (Å²) in [7, 11) is 0. The van der Waals surface area contributed by atoms with Crippen molar-refractivity contribution >= 4 is 28.7 Å². The maximum Gasteiger partial charge on any atom is 0.267 e. The predicted molar refractivity (Wildman–Crippen MR) is 66.5 cm³/mol. The molecule has 0 aliphatic rings. The molecule has 5 heteroatoms. The molecule has 1 N–H and O–H groups in total. The number of ketones is 1. The molecule has 1 amide bonds. The van der Waals surface area contributed by atoms with Crippen molar-refractivity contribution in [3.63, 3.8) is 0 Å². The number of benzene rings is 1. The van der Waals surface area contributed by atoms with Crippen LogP contribution in [0.25, 0.3) is 0 Å². The van der Waals surface area contributed by atoms with Gasteiger partial charge in [0.15, 0.2) is 5.78 Å². The van der Waals surface area contributed by atoms with Crippen molar-refractivity contribution in [2.24, 2.45) is 0 Å². The number of anilines is 1. The van der Waals surface area contributed by atoms with Crippen LogP contribution in [0.15, 0.2) is 36.0 Å². The van der Waals surface area contributed by atoms with Gasteiger partial charge in [-0.25, -0.2) is 0 Å². The lowest BCUT2D eigenvalue weighted by molar-refractivity contribution is 0.101. The van der Waals surface area contributed by atoms with E-state index in [9.17, 15) is 9.59 Å². The second-order valence-corrected chi connectivity index (χ2v) is 4.34. The first-order valence-electron chi connectivity index (χ1n) is 4.97. The zero-order chi connectivity index (χ0) is 12.3. The number of aromatic nitrogens is 1. The number of nitrogens with zero attached hydrogens (tertiary/aromatic N) is 1. The Morgan fingerprint density at radius 2 is 1.94 bits per heavy atom. The van der Waals surface area contributed by atoms with E-state index in [1.165, 1.54) is 24.5 Å². The summed E-state index contributed by atoms with van der Waals surface area (Å²) in [6.45, 7) is 1.50. The van der Waals surface area contributed by atoms with Gasteiger partial charge in [-0.1, -0.05) is 0 Å². The molecule has 1 heterocycles. The summed E-state index contributed by atoms with van der Waals surface area (Å²) in [5.74, 6) is -0.187. The van der Waals surface area contributed by atoms with Crippen LogP contribution in [0.3, 0.4) is 0 Å². The molecule has 0 aliphatic carbocycles. The highest BCUT2D eigenvalue weighted by atomic mass is 32.1. The summed E-state index contributed by atoms with van der Waals surface area (Å²) < 4.78 is 0. The number of amides is 1. The number of hydrogen-bond donors (Lipinski definition) is 1. The molecule has 2 rings (SSSR count). The lowest BCUT2D eigenvalue weighted by atomic mass is 10.1. The van der Waals surface area contributed by atoms with E-state index in [2.05, 4.69) is 10.3 Å². The number of Topliss-reactive ketones (excluding diaryl/α,β-unsaturated/α-hetero) is 1. The van der Waals surface area contributed by atoms with Gasteiger partial charge in [-0.2, -0.15) is 0 Å². The molecule has 0 spiro atoms. The Hall–Kier alpha value is -2.01. The van der Waals surface area contributed by atoms with Crippen LogP contribution in [0.4, 0.5) is 5.69 Å². The molecule has 2 aromatic rings. The van der Waals surface area contributed by atoms with Gasteiger partial charge in [0.2, 0.25) is 0 Å². The molecule has 86 valence electrons. The van der Waals surface area contributed by atoms with Crippen LogP contribution in [0.5, 0.6) is 0 Å². The van der Waals surface area contributed by atoms with E-state index in [1.807, 2.05) is 0 Å². The Labute approximate surface area is 102 Å². The third-order valence-electron chi connectivity index (χ3n) is 2.21. The van der Waals surface area contributed by atoms with Crippen molar-refractivity contribution in [1.29, 1.82) is 0 Å². The normalized spacial score (nSPS) is 9.94. The third kappa shape index (κ3) is 2.76. The predicted octanol–water partition coefficient (Wildman–Crippen LogP) is 2.60. The van der Waals surface area contributed by atoms with Crippen LogP contribution in [0.2, 0.25) is 0 Å². The molecule has 0 saturated heterocycles. The maximum absolute atomic E-state index is 11.7. The fraction of sp³-hybridized carbons (Fsp3) is 0.0833. The van der Waals surface area contributed by atoms with Gasteiger partial charge in [0, 0.05) is 11.3 Å². The van der Waals surface area contributed by atoms with E-state index in [-0.39, 0.29) is 11.7 Å². The van der Waals surface area contributed by atoms with Crippen LogP contribution >= 0.6 is 11.3 Å². The minimum Gasteiger partial charge on any atom is -0.321 e. The first-order valence-corrected chi connectivity index (χ1v) is 5.85. The average molecular weight is 246 g/mol. The average Bonchev–Trinajstić information content (AvgIpc) is 2.83. The molecule has 0 fully saturated rings. The molecule has 0 radical (unpaired) electrons. The van der Waals surface area contributed by atoms with Crippen LogP contribution in [0.1, 0.15) is 27.0 Å². The first-order chi connectivity index (χ1) is 8.16. The zero-order valence-electron chi connectivity index (χ0n) is 9.14. The van der Waals surface area contributed by atoms with E-state index in [0.717, 1.165) is 0 Å². The zero-order valence-corrected chi connectivity index (χ0v) is 9.95. The van der Waals surface area contributed by atoms with E-state index in [4.69, 9.17) is 0 Å². The quantitative estimate of drug-likeness (QED) is 0.847. The summed E-state index contributed by atoms with van der Waals surface area (Å²) in [5, 5.41) is 2.73. The number of nitrogens with one attached hydrogen (secondary N) is 1. The fourth-order valence-corrected chi connectivity index (χ4v) is 1.82. The molecular weight excluding hydrogens is 236 g/mol. The van der Waals surface area contributed by atoms with E-state index < -0.39 is 0 Å². The summed E-state index contributed by atoms with van der Waals surface area (Å²) in [5.41, 5.74) is 2.89. The van der Waals surface area contributed by atoms with Crippen molar-refractivity contribution < 1.29 is 9.59 Å². The van der Waals surface area contributed by atoms with Gasteiger partial charge in [-0.15, -0.1) is 11.3 Å². The molecule has 0 aliphatic heterocycles. The minimum absolute atomic E-state index is 0.00494. The van der Waals surface area contributed by atoms with Crippen molar-refractivity contribution in [1.82, 2.24) is 4.98 Å². The van der Waals surface area contributed by atoms with Gasteiger partial charge < -0.3 is 5.32 Å². The van der Waals surface area contributed by atoms with Crippen molar-refractivity contribution in [3.8, 4) is 0 Å². The molecular formula is C12H10N2O2S. The number of thiazole rings is 1. The Morgan fingerprint density at radius 1 is 1.24 bits per heavy atom. The highest BCUT2D eigenvalue weighted by Gasteiger charge is 2.07. The molecule has 1 aromatic heterocycles. The third-order valence-corrected chi connectivity index (χ3v) is 2.98. The Morgan fingerprint density at radius 3 is 2.47 bits per heavy atom. The Balaban J connectivity index is 2.09. The number of hydrogen-bond acceptors (Lipinski definition) is 4. The summed E-state index contributed by atoms with van der Waals surface area (Å²) in [6.07, 6.45) is 1.52. The monoisotopic (exact) mass is 246 g/mol. The molecule has 17 heavy (non-hydrogen) atoms. The van der Waals surface area contributed by atoms with E-state index in [1.54, 1.807) is 29.8 Å². The van der Waals surface area contributed by atoms with Crippen molar-refractivity contribution in [2.45, 2.75) is 6.92 Å². The molecule has 0 saturated carbocycles. The lowest BCUT2D eigenvalue weighted by Crippen LogP contribution is -2.10. The Kier molecular flexibility index (Phi) is 3.30. The maximum atomic E-state index is 11.7. The van der Waals surface area contributed by atoms with Gasteiger partial charge in [-0.3, -0.25) is 14.6 Å². The van der Waals surface area contributed by atoms with Gasteiger partial charge in [0.25, 0.3) is 5.91 Å². The molecule has 4 nitrogen and oxygen atoms in total. The van der Waals surface area contributed by atoms with E-state index >= 15 is 0 Å². The summed E-state index contributed by atoms with van der Waals surface area (Å²) >= 11 is 1.28. The standard InChI is InChI=1S/C12H10N2O2S/c1-8(15)9-2-4-10(5-3-9)14-12(16)11-6-13-7-17-11/h2-7H,1H3,(H,14,16). The van der Waals surface area contributed by atoms with Crippen molar-refractivity contribution in [2.75, 3.05) is 5.32 Å². The highest BCUT2D eigenvalue weighted by molar-refractivity contribution is 7.11. The smallest absolute Gasteiger partial charge is 0.267 e. The molecule has 0 bridgehead atoms. The highest BCUT2D eigenvalue weighted by Crippen LogP contribution is 2.13. The van der Waals surface area contributed by atoms with Gasteiger partial charge in [-0.05, 0) is 31.2 Å². The molecule has 0 atom stereocenters. The van der Waals surface area contributed by atoms with Crippen LogP contribution < -0.4 is 5.32 Å². The summed E-state index contributed by atoms with van der Waals surface area (Å²) in [4.78, 5) is 27.1. The van der Waals surface area contributed by atoms with Crippen LogP contribution in [0, 0.1) is 0 Å². The Bertz CT molecular complexity index is 532. The second kappa shape index (κ2) is 4.88. The lowest BCUT2D eigenvalue weighted by Gasteiger charge is -2.03. The van der Waals surface area contributed by atoms with Crippen molar-refractivity contribution in [3.05, 3.63) is 46.4 Å². The number of rotatable bonds is 3. The topological polar surface area (TPSA) is 59.1 Å². The second-order valence-electron chi connectivity index (χ2n) is 3.45. The SMILES string of the molecule is CC(=O)c1ccc(NC(=O)c2cncs2)cc1. The van der Waals surface area contributed by atoms with Crippen LogP contribution in [-0.2, 0) is 0 Å². The largest absolute Gasteiger partial charge is 0.321 e. The number of carbonyl (C=O) groups is 2. The summed E-state index contributed by atoms with van der Waals surface area (Å²) in [6, 6.07) is 6.78. The fourth-order valence-electron chi connectivity index (χ4n) is 1.31. The number of carbonyl (C=O) groups excluding carboxylic acids is 2. The van der Waals surface area contributed by atoms with Gasteiger partial charge in [0.05, 0.1) is 11.7 Å². The van der Waals surface area contributed by atoms with Crippen LogP contribution in [-0.4, -0.2) is 16.7 Å². The minimum atomic E-state index is -0.192.